The number of nitrogens with zero attached hydrogens (tertiary/aromatic N) is 1. The number of halogens is 3. The maximum Gasteiger partial charge on any atom is 0.289 e. The summed E-state index contributed by atoms with van der Waals surface area (Å²) in [4.78, 5) is 9.68. The topological polar surface area (TPSA) is 43.1 Å². The quantitative estimate of drug-likeness (QED) is 0.393. The summed E-state index contributed by atoms with van der Waals surface area (Å²) in [6.07, 6.45) is 0. The van der Waals surface area contributed by atoms with E-state index in [0.717, 1.165) is 0 Å². The first-order valence-corrected chi connectivity index (χ1v) is 6.36. The van der Waals surface area contributed by atoms with Crippen LogP contribution in [0.2, 0.25) is 15.1 Å². The molecule has 0 N–H and O–H groups in total. The van der Waals surface area contributed by atoms with Crippen molar-refractivity contribution in [1.29, 1.82) is 0 Å². The Morgan fingerprint density at radius 3 is 1.95 bits per heavy atom. The van der Waals surface area contributed by atoms with E-state index < -0.39 is 4.92 Å². The van der Waals surface area contributed by atoms with E-state index in [2.05, 4.69) is 19.1 Å². The Morgan fingerprint density at radius 2 is 1.53 bits per heavy atom. The van der Waals surface area contributed by atoms with Gasteiger partial charge in [0.25, 0.3) is 5.69 Å². The lowest BCUT2D eigenvalue weighted by molar-refractivity contribution is -0.384. The Balaban J connectivity index is 0.000000218. The van der Waals surface area contributed by atoms with Gasteiger partial charge in [-0.3, -0.25) is 10.1 Å². The van der Waals surface area contributed by atoms with Crippen LogP contribution in [-0.2, 0) is 0 Å². The number of benzene rings is 2. The standard InChI is InChI=1S/C7H8.C6H2Cl3NO2/c1-7-5-3-2-4-6-7;7-3-1-2-4(10(11)12)6(9)5(3)8/h2-6H,1H3;1-2H. The van der Waals surface area contributed by atoms with Crippen LogP contribution in [0.3, 0.4) is 0 Å². The fraction of sp³-hybridized carbons (Fsp3) is 0.0769. The minimum Gasteiger partial charge on any atom is -0.258 e. The third-order valence-electron chi connectivity index (χ3n) is 2.15. The molecule has 0 aromatic heterocycles. The second-order valence-electron chi connectivity index (χ2n) is 3.61. The summed E-state index contributed by atoms with van der Waals surface area (Å²) in [7, 11) is 0. The number of aryl methyl sites for hydroxylation is 1. The van der Waals surface area contributed by atoms with E-state index >= 15 is 0 Å². The molecule has 2 rings (SSSR count). The van der Waals surface area contributed by atoms with E-state index in [1.165, 1.54) is 17.7 Å². The van der Waals surface area contributed by atoms with Crippen LogP contribution in [0.25, 0.3) is 0 Å². The van der Waals surface area contributed by atoms with Gasteiger partial charge in [0.05, 0.1) is 15.0 Å². The lowest BCUT2D eigenvalue weighted by Crippen LogP contribution is -1.89. The summed E-state index contributed by atoms with van der Waals surface area (Å²) in [6.45, 7) is 2.08. The maximum atomic E-state index is 10.3. The van der Waals surface area contributed by atoms with Crippen LogP contribution in [0.15, 0.2) is 42.5 Å². The van der Waals surface area contributed by atoms with Gasteiger partial charge in [0.1, 0.15) is 5.02 Å². The van der Waals surface area contributed by atoms with E-state index in [-0.39, 0.29) is 20.8 Å². The highest BCUT2D eigenvalue weighted by Gasteiger charge is 2.16. The van der Waals surface area contributed by atoms with Gasteiger partial charge in [0.2, 0.25) is 0 Å². The Hall–Kier alpha value is -1.29. The van der Waals surface area contributed by atoms with Crippen LogP contribution in [-0.4, -0.2) is 4.92 Å². The average molecular weight is 319 g/mol. The largest absolute Gasteiger partial charge is 0.289 e. The Bertz CT molecular complexity index is 574. The molecule has 0 heterocycles. The minimum atomic E-state index is -0.620. The van der Waals surface area contributed by atoms with Gasteiger partial charge in [-0.15, -0.1) is 0 Å². The molecule has 6 heteroatoms. The molecule has 19 heavy (non-hydrogen) atoms. The van der Waals surface area contributed by atoms with Gasteiger partial charge in [-0.05, 0) is 13.0 Å². The second-order valence-corrected chi connectivity index (χ2v) is 4.77. The molecule has 2 aromatic carbocycles. The summed E-state index contributed by atoms with van der Waals surface area (Å²) in [5, 5.41) is 10.4. The highest BCUT2D eigenvalue weighted by atomic mass is 35.5. The lowest BCUT2D eigenvalue weighted by atomic mass is 10.2. The predicted molar refractivity (Wildman–Crippen MR) is 79.3 cm³/mol. The van der Waals surface area contributed by atoms with Crippen LogP contribution in [0.4, 0.5) is 5.69 Å². The second kappa shape index (κ2) is 7.34. The molecule has 0 saturated heterocycles. The molecule has 0 saturated carbocycles. The van der Waals surface area contributed by atoms with E-state index in [4.69, 9.17) is 34.8 Å². The van der Waals surface area contributed by atoms with Crippen molar-refractivity contribution in [1.82, 2.24) is 0 Å². The monoisotopic (exact) mass is 317 g/mol. The molecule has 2 aromatic rings. The van der Waals surface area contributed by atoms with E-state index in [1.54, 1.807) is 0 Å². The zero-order chi connectivity index (χ0) is 14.4. The van der Waals surface area contributed by atoms with Crippen LogP contribution in [0, 0.1) is 17.0 Å². The number of rotatable bonds is 1. The molecule has 0 amide bonds. The van der Waals surface area contributed by atoms with Gasteiger partial charge >= 0.3 is 0 Å². The molecule has 0 fully saturated rings. The summed E-state index contributed by atoms with van der Waals surface area (Å²) in [5.74, 6) is 0. The average Bonchev–Trinajstić information content (AvgIpc) is 2.37. The van der Waals surface area contributed by atoms with Crippen molar-refractivity contribution in [3.05, 3.63) is 73.2 Å². The minimum absolute atomic E-state index is 0.00698. The zero-order valence-electron chi connectivity index (χ0n) is 9.94. The van der Waals surface area contributed by atoms with Crippen LogP contribution >= 0.6 is 34.8 Å². The first-order chi connectivity index (χ1) is 8.93. The van der Waals surface area contributed by atoms with E-state index in [9.17, 15) is 10.1 Å². The number of hydrogen-bond acceptors (Lipinski definition) is 2. The van der Waals surface area contributed by atoms with Gasteiger partial charge in [-0.2, -0.15) is 0 Å². The molecule has 100 valence electrons. The Labute approximate surface area is 125 Å². The van der Waals surface area contributed by atoms with Crippen molar-refractivity contribution >= 4 is 40.5 Å². The third-order valence-corrected chi connectivity index (χ3v) is 3.44. The van der Waals surface area contributed by atoms with Crippen molar-refractivity contribution in [3.63, 3.8) is 0 Å². The fourth-order valence-electron chi connectivity index (χ4n) is 1.19. The smallest absolute Gasteiger partial charge is 0.258 e. The molecule has 0 radical (unpaired) electrons. The molecular formula is C13H10Cl3NO2. The highest BCUT2D eigenvalue weighted by molar-refractivity contribution is 6.48. The van der Waals surface area contributed by atoms with Gasteiger partial charge in [-0.25, -0.2) is 0 Å². The van der Waals surface area contributed by atoms with Gasteiger partial charge in [0, 0.05) is 6.07 Å². The van der Waals surface area contributed by atoms with Crippen molar-refractivity contribution in [2.45, 2.75) is 6.92 Å². The van der Waals surface area contributed by atoms with Crippen LogP contribution in [0.1, 0.15) is 5.56 Å². The van der Waals surface area contributed by atoms with Crippen molar-refractivity contribution in [2.75, 3.05) is 0 Å². The normalized spacial score (nSPS) is 9.47. The van der Waals surface area contributed by atoms with E-state index in [1.807, 2.05) is 18.2 Å². The third kappa shape index (κ3) is 4.71. The van der Waals surface area contributed by atoms with Crippen molar-refractivity contribution in [2.24, 2.45) is 0 Å². The maximum absolute atomic E-state index is 10.3. The lowest BCUT2D eigenvalue weighted by Gasteiger charge is -1.98. The Kier molecular flexibility index (Phi) is 6.09. The van der Waals surface area contributed by atoms with Gasteiger partial charge in [0.15, 0.2) is 0 Å². The van der Waals surface area contributed by atoms with Crippen molar-refractivity contribution < 1.29 is 4.92 Å². The molecule has 0 aliphatic heterocycles. The highest BCUT2D eigenvalue weighted by Crippen LogP contribution is 2.36. The number of nitro benzene ring substituents is 1. The number of nitro groups is 1. The van der Waals surface area contributed by atoms with Crippen LogP contribution < -0.4 is 0 Å². The molecule has 0 aliphatic rings. The van der Waals surface area contributed by atoms with Crippen LogP contribution in [0.5, 0.6) is 0 Å². The summed E-state index contributed by atoms with van der Waals surface area (Å²) >= 11 is 16.6. The molecule has 0 unspecified atom stereocenters. The first kappa shape index (κ1) is 15.8. The summed E-state index contributed by atoms with van der Waals surface area (Å²) in [5.41, 5.74) is 1.08. The molecule has 0 spiro atoms. The van der Waals surface area contributed by atoms with Crippen molar-refractivity contribution in [3.8, 4) is 0 Å². The molecule has 3 nitrogen and oxygen atoms in total. The molecular weight excluding hydrogens is 309 g/mol. The Morgan fingerprint density at radius 1 is 0.947 bits per heavy atom. The van der Waals surface area contributed by atoms with E-state index in [0.29, 0.717) is 0 Å². The zero-order valence-corrected chi connectivity index (χ0v) is 12.2. The summed E-state index contributed by atoms with van der Waals surface area (Å²) < 4.78 is 0. The first-order valence-electron chi connectivity index (χ1n) is 5.23. The van der Waals surface area contributed by atoms with Gasteiger partial charge in [-0.1, -0.05) is 70.7 Å². The number of hydrogen-bond donors (Lipinski definition) is 0. The summed E-state index contributed by atoms with van der Waals surface area (Å²) in [6, 6.07) is 12.8. The molecule has 0 atom stereocenters. The van der Waals surface area contributed by atoms with Gasteiger partial charge < -0.3 is 0 Å². The fourth-order valence-corrected chi connectivity index (χ4v) is 1.79. The molecule has 0 bridgehead atoms. The SMILES string of the molecule is Cc1ccccc1.O=[N+]([O-])c1ccc(Cl)c(Cl)c1Cl. The predicted octanol–water partition coefficient (Wildman–Crippen LogP) is 5.55. The molecule has 0 aliphatic carbocycles.